The van der Waals surface area contributed by atoms with Gasteiger partial charge in [0.25, 0.3) is 0 Å². The van der Waals surface area contributed by atoms with E-state index in [0.29, 0.717) is 0 Å². The van der Waals surface area contributed by atoms with E-state index in [2.05, 4.69) is 24.5 Å². The summed E-state index contributed by atoms with van der Waals surface area (Å²) in [5.41, 5.74) is 1.20. The van der Waals surface area contributed by atoms with Crippen molar-refractivity contribution in [2.24, 2.45) is 17.8 Å². The molecule has 3 heteroatoms. The minimum Gasteiger partial charge on any atom is -0.314 e. The van der Waals surface area contributed by atoms with Crippen LogP contribution in [0.5, 0.6) is 0 Å². The lowest BCUT2D eigenvalue weighted by Crippen LogP contribution is -2.35. The van der Waals surface area contributed by atoms with Gasteiger partial charge in [0, 0.05) is 23.5 Å². The molecule has 2 fully saturated rings. The predicted octanol–water partition coefficient (Wildman–Crippen LogP) is 4.58. The van der Waals surface area contributed by atoms with Crippen LogP contribution in [0.25, 0.3) is 0 Å². The van der Waals surface area contributed by atoms with Crippen LogP contribution < -0.4 is 5.32 Å². The van der Waals surface area contributed by atoms with Crippen molar-refractivity contribution in [2.45, 2.75) is 71.3 Å². The lowest BCUT2D eigenvalue weighted by molar-refractivity contribution is 0.167. The van der Waals surface area contributed by atoms with Crippen molar-refractivity contribution < 1.29 is 0 Å². The third-order valence-electron chi connectivity index (χ3n) is 5.29. The number of hydrogen-bond acceptors (Lipinski definition) is 3. The molecule has 3 atom stereocenters. The minimum absolute atomic E-state index is 0.848. The maximum Gasteiger partial charge on any atom is 0.0930 e. The first kappa shape index (κ1) is 15.5. The number of aromatic nitrogens is 1. The van der Waals surface area contributed by atoms with Gasteiger partial charge < -0.3 is 5.32 Å². The van der Waals surface area contributed by atoms with Crippen LogP contribution >= 0.6 is 11.3 Å². The molecule has 118 valence electrons. The Bertz CT molecular complexity index is 438. The Balaban J connectivity index is 1.59. The SMILES string of the molecule is CCCC1CCC(CNC2CC2)C(Cc2nc(C)cs2)C1. The van der Waals surface area contributed by atoms with Gasteiger partial charge in [-0.3, -0.25) is 0 Å². The summed E-state index contributed by atoms with van der Waals surface area (Å²) in [4.78, 5) is 4.72. The van der Waals surface area contributed by atoms with Gasteiger partial charge in [0.05, 0.1) is 5.01 Å². The van der Waals surface area contributed by atoms with Gasteiger partial charge in [0.2, 0.25) is 0 Å². The number of nitrogens with one attached hydrogen (secondary N) is 1. The zero-order valence-electron chi connectivity index (χ0n) is 13.6. The Labute approximate surface area is 133 Å². The van der Waals surface area contributed by atoms with Gasteiger partial charge in [0.1, 0.15) is 0 Å². The fourth-order valence-corrected chi connectivity index (χ4v) is 4.81. The highest BCUT2D eigenvalue weighted by molar-refractivity contribution is 7.09. The lowest BCUT2D eigenvalue weighted by atomic mass is 9.71. The quantitative estimate of drug-likeness (QED) is 0.797. The molecule has 0 saturated heterocycles. The van der Waals surface area contributed by atoms with Crippen LogP contribution in [0.3, 0.4) is 0 Å². The molecule has 21 heavy (non-hydrogen) atoms. The Morgan fingerprint density at radius 1 is 1.24 bits per heavy atom. The number of nitrogens with zero attached hydrogens (tertiary/aromatic N) is 1. The molecule has 3 rings (SSSR count). The largest absolute Gasteiger partial charge is 0.314 e. The molecule has 0 amide bonds. The van der Waals surface area contributed by atoms with E-state index in [9.17, 15) is 0 Å². The van der Waals surface area contributed by atoms with Crippen molar-refractivity contribution >= 4 is 11.3 Å². The third-order valence-corrected chi connectivity index (χ3v) is 6.28. The molecule has 3 unspecified atom stereocenters. The van der Waals surface area contributed by atoms with Crippen LogP contribution in [0.15, 0.2) is 5.38 Å². The Morgan fingerprint density at radius 2 is 2.10 bits per heavy atom. The highest BCUT2D eigenvalue weighted by atomic mass is 32.1. The zero-order chi connectivity index (χ0) is 14.7. The van der Waals surface area contributed by atoms with Gasteiger partial charge >= 0.3 is 0 Å². The van der Waals surface area contributed by atoms with E-state index in [0.717, 1.165) is 23.8 Å². The van der Waals surface area contributed by atoms with Crippen LogP contribution in [0.4, 0.5) is 0 Å². The normalized spacial score (nSPS) is 29.7. The van der Waals surface area contributed by atoms with E-state index < -0.39 is 0 Å². The van der Waals surface area contributed by atoms with Gasteiger partial charge in [-0.05, 0) is 56.9 Å². The summed E-state index contributed by atoms with van der Waals surface area (Å²) >= 11 is 1.87. The molecule has 2 aliphatic carbocycles. The van der Waals surface area contributed by atoms with Gasteiger partial charge in [-0.15, -0.1) is 11.3 Å². The summed E-state index contributed by atoms with van der Waals surface area (Å²) in [5, 5.41) is 7.35. The van der Waals surface area contributed by atoms with Crippen LogP contribution in [-0.2, 0) is 6.42 Å². The van der Waals surface area contributed by atoms with E-state index >= 15 is 0 Å². The molecule has 1 N–H and O–H groups in total. The molecule has 0 radical (unpaired) electrons. The van der Waals surface area contributed by atoms with E-state index in [1.165, 1.54) is 68.6 Å². The van der Waals surface area contributed by atoms with Crippen molar-refractivity contribution in [3.05, 3.63) is 16.1 Å². The maximum atomic E-state index is 4.72. The van der Waals surface area contributed by atoms with Crippen LogP contribution in [-0.4, -0.2) is 17.6 Å². The third kappa shape index (κ3) is 4.53. The summed E-state index contributed by atoms with van der Waals surface area (Å²) in [6.07, 6.45) is 11.1. The van der Waals surface area contributed by atoms with Gasteiger partial charge in [0.15, 0.2) is 0 Å². The van der Waals surface area contributed by atoms with Gasteiger partial charge in [-0.1, -0.05) is 26.2 Å². The van der Waals surface area contributed by atoms with Crippen molar-refractivity contribution in [1.29, 1.82) is 0 Å². The van der Waals surface area contributed by atoms with Crippen LogP contribution in [0.2, 0.25) is 0 Å². The van der Waals surface area contributed by atoms with Crippen LogP contribution in [0.1, 0.15) is 62.6 Å². The average Bonchev–Trinajstić information content (AvgIpc) is 3.21. The van der Waals surface area contributed by atoms with Crippen LogP contribution in [0, 0.1) is 24.7 Å². The lowest BCUT2D eigenvalue weighted by Gasteiger charge is -2.36. The number of hydrogen-bond donors (Lipinski definition) is 1. The number of rotatable bonds is 7. The fraction of sp³-hybridized carbons (Fsp3) is 0.833. The first-order valence-electron chi connectivity index (χ1n) is 8.89. The molecule has 0 aromatic carbocycles. The standard InChI is InChI=1S/C18H30N2S/c1-3-4-14-5-6-15(11-19-17-7-8-17)16(9-14)10-18-20-13(2)12-21-18/h12,14-17,19H,3-11H2,1-2H3. The first-order chi connectivity index (χ1) is 10.2. The predicted molar refractivity (Wildman–Crippen MR) is 90.8 cm³/mol. The van der Waals surface area contributed by atoms with Crippen molar-refractivity contribution in [3.63, 3.8) is 0 Å². The molecule has 1 heterocycles. The molecular formula is C18H30N2S. The smallest absolute Gasteiger partial charge is 0.0930 e. The second kappa shape index (κ2) is 7.23. The second-order valence-corrected chi connectivity index (χ2v) is 8.20. The first-order valence-corrected chi connectivity index (χ1v) is 9.77. The van der Waals surface area contributed by atoms with Gasteiger partial charge in [-0.2, -0.15) is 0 Å². The molecule has 0 spiro atoms. The molecule has 2 saturated carbocycles. The molecule has 2 nitrogen and oxygen atoms in total. The fourth-order valence-electron chi connectivity index (χ4n) is 3.94. The van der Waals surface area contributed by atoms with Crippen molar-refractivity contribution in [2.75, 3.05) is 6.54 Å². The maximum absolute atomic E-state index is 4.72. The van der Waals surface area contributed by atoms with Gasteiger partial charge in [-0.25, -0.2) is 4.98 Å². The average molecular weight is 307 g/mol. The van der Waals surface area contributed by atoms with E-state index in [1.54, 1.807) is 0 Å². The number of thiazole rings is 1. The zero-order valence-corrected chi connectivity index (χ0v) is 14.4. The second-order valence-electron chi connectivity index (χ2n) is 7.26. The Morgan fingerprint density at radius 3 is 2.76 bits per heavy atom. The highest BCUT2D eigenvalue weighted by Crippen LogP contribution is 2.38. The summed E-state index contributed by atoms with van der Waals surface area (Å²) in [6.45, 7) is 5.70. The van der Waals surface area contributed by atoms with E-state index in [1.807, 2.05) is 11.3 Å². The van der Waals surface area contributed by atoms with Crippen molar-refractivity contribution in [1.82, 2.24) is 10.3 Å². The molecule has 2 aliphatic rings. The molecular weight excluding hydrogens is 276 g/mol. The minimum atomic E-state index is 0.848. The molecule has 0 bridgehead atoms. The number of aryl methyl sites for hydroxylation is 1. The summed E-state index contributed by atoms with van der Waals surface area (Å²) in [5.74, 6) is 2.70. The molecule has 0 aliphatic heterocycles. The molecule has 1 aromatic rings. The van der Waals surface area contributed by atoms with E-state index in [4.69, 9.17) is 4.98 Å². The summed E-state index contributed by atoms with van der Waals surface area (Å²) in [6, 6.07) is 0.848. The monoisotopic (exact) mass is 306 g/mol. The molecule has 1 aromatic heterocycles. The topological polar surface area (TPSA) is 24.9 Å². The Kier molecular flexibility index (Phi) is 5.33. The highest BCUT2D eigenvalue weighted by Gasteiger charge is 2.32. The summed E-state index contributed by atoms with van der Waals surface area (Å²) in [7, 11) is 0. The van der Waals surface area contributed by atoms with E-state index in [-0.39, 0.29) is 0 Å². The Hall–Kier alpha value is -0.410. The summed E-state index contributed by atoms with van der Waals surface area (Å²) < 4.78 is 0. The van der Waals surface area contributed by atoms with Crippen molar-refractivity contribution in [3.8, 4) is 0 Å².